The fourth-order valence-corrected chi connectivity index (χ4v) is 3.30. The number of carbonyl (C=O) groups excluding carboxylic acids is 1. The van der Waals surface area contributed by atoms with E-state index in [9.17, 15) is 4.79 Å². The van der Waals surface area contributed by atoms with E-state index >= 15 is 0 Å². The van der Waals surface area contributed by atoms with Crippen LogP contribution < -0.4 is 4.90 Å². The number of anilines is 1. The fourth-order valence-electron chi connectivity index (χ4n) is 3.04. The van der Waals surface area contributed by atoms with Gasteiger partial charge in [-0.1, -0.05) is 28.1 Å². The topological polar surface area (TPSA) is 80.0 Å². The minimum Gasteiger partial charge on any atom is -0.353 e. The van der Waals surface area contributed by atoms with Crippen LogP contribution in [0.2, 0.25) is 0 Å². The average Bonchev–Trinajstić information content (AvgIpc) is 3.25. The number of hydrogen-bond donors (Lipinski definition) is 0. The van der Waals surface area contributed by atoms with Gasteiger partial charge in [0.05, 0.1) is 6.42 Å². The van der Waals surface area contributed by atoms with Crippen molar-refractivity contribution in [3.05, 3.63) is 59.3 Å². The predicted molar refractivity (Wildman–Crippen MR) is 104 cm³/mol. The van der Waals surface area contributed by atoms with E-state index in [1.54, 1.807) is 11.0 Å². The molecule has 1 saturated heterocycles. The Balaban J connectivity index is 1.37. The van der Waals surface area contributed by atoms with E-state index in [1.165, 1.54) is 12.7 Å². The molecule has 1 aliphatic heterocycles. The lowest BCUT2D eigenvalue weighted by atomic mass is 10.1. The zero-order valence-electron chi connectivity index (χ0n) is 14.6. The van der Waals surface area contributed by atoms with Crippen LogP contribution in [0.4, 0.5) is 5.82 Å². The van der Waals surface area contributed by atoms with E-state index in [2.05, 4.69) is 40.9 Å². The molecule has 4 rings (SSSR count). The maximum atomic E-state index is 12.6. The number of hydrogen-bond acceptors (Lipinski definition) is 6. The van der Waals surface area contributed by atoms with Gasteiger partial charge in [-0.2, -0.15) is 5.10 Å². The molecule has 1 fully saturated rings. The Morgan fingerprint density at radius 1 is 1.00 bits per heavy atom. The lowest BCUT2D eigenvalue weighted by molar-refractivity contribution is -0.130. The van der Waals surface area contributed by atoms with Crippen LogP contribution in [0.5, 0.6) is 0 Å². The van der Waals surface area contributed by atoms with Gasteiger partial charge in [-0.25, -0.2) is 19.6 Å². The highest BCUT2D eigenvalue weighted by molar-refractivity contribution is 9.10. The quantitative estimate of drug-likeness (QED) is 0.630. The number of carbonyl (C=O) groups is 1. The number of amides is 1. The van der Waals surface area contributed by atoms with Gasteiger partial charge in [0.25, 0.3) is 0 Å². The van der Waals surface area contributed by atoms with Gasteiger partial charge in [-0.3, -0.25) is 4.79 Å². The second-order valence-corrected chi connectivity index (χ2v) is 7.16. The summed E-state index contributed by atoms with van der Waals surface area (Å²) in [4.78, 5) is 29.2. The van der Waals surface area contributed by atoms with E-state index in [1.807, 2.05) is 35.2 Å². The molecule has 1 aliphatic rings. The molecule has 3 heterocycles. The van der Waals surface area contributed by atoms with E-state index in [0.717, 1.165) is 28.9 Å². The number of rotatable bonds is 4. The molecular formula is C18H18BrN7O. The Morgan fingerprint density at radius 2 is 1.74 bits per heavy atom. The molecule has 0 spiro atoms. The summed E-state index contributed by atoms with van der Waals surface area (Å²) in [6.07, 6.45) is 5.02. The van der Waals surface area contributed by atoms with Crippen LogP contribution >= 0.6 is 15.9 Å². The molecule has 0 N–H and O–H groups in total. The highest BCUT2D eigenvalue weighted by Gasteiger charge is 2.22. The number of benzene rings is 1. The molecule has 1 amide bonds. The third-order valence-corrected chi connectivity index (χ3v) is 5.05. The average molecular weight is 428 g/mol. The second-order valence-electron chi connectivity index (χ2n) is 6.25. The third kappa shape index (κ3) is 4.13. The summed E-state index contributed by atoms with van der Waals surface area (Å²) in [7, 11) is 0. The normalized spacial score (nSPS) is 14.4. The second kappa shape index (κ2) is 7.83. The Labute approximate surface area is 165 Å². The van der Waals surface area contributed by atoms with Gasteiger partial charge < -0.3 is 9.80 Å². The van der Waals surface area contributed by atoms with Crippen LogP contribution in [0, 0.1) is 0 Å². The molecule has 2 aromatic heterocycles. The Morgan fingerprint density at radius 3 is 2.44 bits per heavy atom. The molecule has 0 aliphatic carbocycles. The van der Waals surface area contributed by atoms with Gasteiger partial charge in [0.2, 0.25) is 5.91 Å². The minimum absolute atomic E-state index is 0.156. The largest absolute Gasteiger partial charge is 0.353 e. The highest BCUT2D eigenvalue weighted by atomic mass is 79.9. The predicted octanol–water partition coefficient (Wildman–Crippen LogP) is 1.71. The van der Waals surface area contributed by atoms with Crippen molar-refractivity contribution >= 4 is 27.7 Å². The van der Waals surface area contributed by atoms with Gasteiger partial charge >= 0.3 is 0 Å². The molecule has 9 heteroatoms. The first-order chi connectivity index (χ1) is 13.2. The van der Waals surface area contributed by atoms with E-state index in [-0.39, 0.29) is 5.91 Å². The summed E-state index contributed by atoms with van der Waals surface area (Å²) in [5, 5.41) is 4.09. The SMILES string of the molecule is O=C(Cc1ccc(Br)cc1)N1CCN(c2cc(-n3cncn3)ncn2)CC1. The molecule has 0 bridgehead atoms. The number of halogens is 1. The molecule has 0 atom stereocenters. The van der Waals surface area contributed by atoms with Gasteiger partial charge in [0, 0.05) is 36.7 Å². The van der Waals surface area contributed by atoms with Gasteiger partial charge in [0.15, 0.2) is 5.82 Å². The van der Waals surface area contributed by atoms with Crippen LogP contribution in [-0.4, -0.2) is 61.7 Å². The third-order valence-electron chi connectivity index (χ3n) is 4.52. The summed E-state index contributed by atoms with van der Waals surface area (Å²) in [5.41, 5.74) is 1.03. The zero-order valence-corrected chi connectivity index (χ0v) is 16.2. The van der Waals surface area contributed by atoms with E-state index in [0.29, 0.717) is 25.3 Å². The molecule has 3 aromatic rings. The maximum Gasteiger partial charge on any atom is 0.227 e. The first-order valence-corrected chi connectivity index (χ1v) is 9.42. The molecule has 0 radical (unpaired) electrons. The summed E-state index contributed by atoms with van der Waals surface area (Å²) >= 11 is 3.41. The Kier molecular flexibility index (Phi) is 5.10. The Bertz CT molecular complexity index is 906. The zero-order chi connectivity index (χ0) is 18.6. The lowest BCUT2D eigenvalue weighted by Crippen LogP contribution is -2.49. The van der Waals surface area contributed by atoms with Crippen LogP contribution in [-0.2, 0) is 11.2 Å². The van der Waals surface area contributed by atoms with Crippen LogP contribution in [0.3, 0.4) is 0 Å². The van der Waals surface area contributed by atoms with Crippen molar-refractivity contribution < 1.29 is 4.79 Å². The molecule has 8 nitrogen and oxygen atoms in total. The molecule has 1 aromatic carbocycles. The van der Waals surface area contributed by atoms with Gasteiger partial charge in [0.1, 0.15) is 24.8 Å². The van der Waals surface area contributed by atoms with Crippen LogP contribution in [0.15, 0.2) is 53.8 Å². The van der Waals surface area contributed by atoms with Crippen molar-refractivity contribution in [2.45, 2.75) is 6.42 Å². The number of piperazine rings is 1. The van der Waals surface area contributed by atoms with Crippen LogP contribution in [0.25, 0.3) is 5.82 Å². The van der Waals surface area contributed by atoms with Crippen molar-refractivity contribution in [1.29, 1.82) is 0 Å². The monoisotopic (exact) mass is 427 g/mol. The first-order valence-electron chi connectivity index (χ1n) is 8.63. The number of nitrogens with zero attached hydrogens (tertiary/aromatic N) is 7. The smallest absolute Gasteiger partial charge is 0.227 e. The first kappa shape index (κ1) is 17.6. The summed E-state index contributed by atoms with van der Waals surface area (Å²) in [6, 6.07) is 9.76. The highest BCUT2D eigenvalue weighted by Crippen LogP contribution is 2.17. The molecular weight excluding hydrogens is 410 g/mol. The minimum atomic E-state index is 0.156. The summed E-state index contributed by atoms with van der Waals surface area (Å²) < 4.78 is 2.62. The standard InChI is InChI=1S/C18H18BrN7O/c19-15-3-1-14(2-4-15)9-18(27)25-7-5-24(6-8-25)16-10-17(22-12-21-16)26-13-20-11-23-26/h1-4,10-13H,5-9H2. The van der Waals surface area contributed by atoms with E-state index in [4.69, 9.17) is 0 Å². The van der Waals surface area contributed by atoms with Crippen molar-refractivity contribution in [1.82, 2.24) is 29.6 Å². The summed E-state index contributed by atoms with van der Waals surface area (Å²) in [5.74, 6) is 1.66. The number of aromatic nitrogens is 5. The van der Waals surface area contributed by atoms with Crippen molar-refractivity contribution in [2.75, 3.05) is 31.1 Å². The molecule has 27 heavy (non-hydrogen) atoms. The van der Waals surface area contributed by atoms with E-state index < -0.39 is 0 Å². The van der Waals surface area contributed by atoms with Gasteiger partial charge in [-0.15, -0.1) is 0 Å². The summed E-state index contributed by atoms with van der Waals surface area (Å²) in [6.45, 7) is 2.83. The molecule has 0 unspecified atom stereocenters. The lowest BCUT2D eigenvalue weighted by Gasteiger charge is -2.35. The van der Waals surface area contributed by atoms with Gasteiger partial charge in [-0.05, 0) is 17.7 Å². The Hall–Kier alpha value is -2.81. The van der Waals surface area contributed by atoms with Crippen molar-refractivity contribution in [3.63, 3.8) is 0 Å². The maximum absolute atomic E-state index is 12.6. The fraction of sp³-hybridized carbons (Fsp3) is 0.278. The van der Waals surface area contributed by atoms with Crippen molar-refractivity contribution in [2.24, 2.45) is 0 Å². The van der Waals surface area contributed by atoms with Crippen LogP contribution in [0.1, 0.15) is 5.56 Å². The molecule has 0 saturated carbocycles. The molecule has 138 valence electrons. The van der Waals surface area contributed by atoms with Crippen molar-refractivity contribution in [3.8, 4) is 5.82 Å².